The van der Waals surface area contributed by atoms with E-state index < -0.39 is 0 Å². The van der Waals surface area contributed by atoms with E-state index in [4.69, 9.17) is 4.74 Å². The highest BCUT2D eigenvalue weighted by Gasteiger charge is 2.15. The molecule has 0 saturated heterocycles. The van der Waals surface area contributed by atoms with E-state index in [9.17, 15) is 0 Å². The maximum absolute atomic E-state index is 5.44. The number of ether oxygens (including phenoxy) is 1. The molecule has 0 heterocycles. The van der Waals surface area contributed by atoms with Crippen LogP contribution in [0.4, 0.5) is 0 Å². The summed E-state index contributed by atoms with van der Waals surface area (Å²) in [5.74, 6) is 1.09. The zero-order valence-corrected chi connectivity index (χ0v) is 13.6. The van der Waals surface area contributed by atoms with E-state index in [1.807, 2.05) is 11.8 Å². The summed E-state index contributed by atoms with van der Waals surface area (Å²) in [6.07, 6.45) is 1.06. The minimum absolute atomic E-state index is 0.0240. The van der Waals surface area contributed by atoms with E-state index >= 15 is 0 Å². The third-order valence-corrected chi connectivity index (χ3v) is 4.13. The zero-order valence-electron chi connectivity index (χ0n) is 12.8. The fourth-order valence-electron chi connectivity index (χ4n) is 1.58. The number of hydrogen-bond donors (Lipinski definition) is 1. The van der Waals surface area contributed by atoms with Gasteiger partial charge in [0.25, 0.3) is 0 Å². The van der Waals surface area contributed by atoms with E-state index in [2.05, 4.69) is 57.3 Å². The zero-order chi connectivity index (χ0) is 14.3. The molecule has 0 amide bonds. The normalized spacial score (nSPS) is 12.1. The van der Waals surface area contributed by atoms with Gasteiger partial charge in [0.15, 0.2) is 0 Å². The van der Waals surface area contributed by atoms with Crippen molar-refractivity contribution in [1.29, 1.82) is 0 Å². The van der Waals surface area contributed by atoms with Crippen molar-refractivity contribution < 1.29 is 4.74 Å². The minimum atomic E-state index is -0.0240. The Bertz CT molecular complexity index is 377. The Morgan fingerprint density at radius 1 is 1.32 bits per heavy atom. The molecule has 1 aromatic rings. The van der Waals surface area contributed by atoms with Crippen molar-refractivity contribution >= 4 is 11.8 Å². The quantitative estimate of drug-likeness (QED) is 0.725. The van der Waals surface area contributed by atoms with E-state index in [0.29, 0.717) is 6.04 Å². The van der Waals surface area contributed by atoms with Gasteiger partial charge >= 0.3 is 0 Å². The van der Waals surface area contributed by atoms with Gasteiger partial charge in [-0.1, -0.05) is 26.0 Å². The first-order valence-corrected chi connectivity index (χ1v) is 7.92. The summed E-state index contributed by atoms with van der Waals surface area (Å²) < 4.78 is 5.44. The van der Waals surface area contributed by atoms with Gasteiger partial charge in [-0.05, 0) is 38.0 Å². The van der Waals surface area contributed by atoms with E-state index in [1.165, 1.54) is 10.5 Å². The van der Waals surface area contributed by atoms with Crippen molar-refractivity contribution in [1.82, 2.24) is 5.32 Å². The summed E-state index contributed by atoms with van der Waals surface area (Å²) in [6.45, 7) is 9.56. The summed E-state index contributed by atoms with van der Waals surface area (Å²) in [5, 5.41) is 3.45. The lowest BCUT2D eigenvalue weighted by molar-refractivity contribution is 0.0207. The number of hydrogen-bond acceptors (Lipinski definition) is 3. The summed E-state index contributed by atoms with van der Waals surface area (Å²) in [6, 6.07) is 9.31. The van der Waals surface area contributed by atoms with Gasteiger partial charge in [0.2, 0.25) is 0 Å². The predicted octanol–water partition coefficient (Wildman–Crippen LogP) is 4.09. The lowest BCUT2D eigenvalue weighted by atomic mass is 10.1. The first-order valence-electron chi connectivity index (χ1n) is 6.93. The molecule has 2 nitrogen and oxygen atoms in total. The molecule has 1 aromatic carbocycles. The molecule has 1 rings (SSSR count). The van der Waals surface area contributed by atoms with Crippen LogP contribution in [0, 0.1) is 0 Å². The average molecular weight is 281 g/mol. The summed E-state index contributed by atoms with van der Waals surface area (Å²) in [4.78, 5) is 1.34. The van der Waals surface area contributed by atoms with E-state index in [-0.39, 0.29) is 5.60 Å². The summed E-state index contributed by atoms with van der Waals surface area (Å²) in [7, 11) is 1.78. The second kappa shape index (κ2) is 7.93. The highest BCUT2D eigenvalue weighted by Crippen LogP contribution is 2.24. The number of rotatable bonds is 8. The van der Waals surface area contributed by atoms with Crippen molar-refractivity contribution in [3.05, 3.63) is 29.8 Å². The molecule has 0 aliphatic heterocycles. The van der Waals surface area contributed by atoms with Crippen LogP contribution >= 0.6 is 11.8 Å². The summed E-state index contributed by atoms with van der Waals surface area (Å²) >= 11 is 1.90. The summed E-state index contributed by atoms with van der Waals surface area (Å²) in [5.41, 5.74) is 1.33. The van der Waals surface area contributed by atoms with Crippen LogP contribution in [0.1, 0.15) is 39.7 Å². The van der Waals surface area contributed by atoms with Crippen LogP contribution in [-0.4, -0.2) is 24.5 Å². The number of methoxy groups -OCH3 is 1. The molecule has 0 aliphatic carbocycles. The number of nitrogens with one attached hydrogen (secondary N) is 1. The Morgan fingerprint density at radius 3 is 2.68 bits per heavy atom. The van der Waals surface area contributed by atoms with Gasteiger partial charge in [-0.25, -0.2) is 0 Å². The third-order valence-electron chi connectivity index (χ3n) is 3.14. The second-order valence-electron chi connectivity index (χ2n) is 5.75. The third kappa shape index (κ3) is 7.00. The molecule has 0 atom stereocenters. The molecular weight excluding hydrogens is 254 g/mol. The second-order valence-corrected chi connectivity index (χ2v) is 6.91. The number of benzene rings is 1. The monoisotopic (exact) mass is 281 g/mol. The van der Waals surface area contributed by atoms with Crippen LogP contribution in [0.15, 0.2) is 29.2 Å². The maximum atomic E-state index is 5.44. The molecule has 0 spiro atoms. The Hall–Kier alpha value is -0.510. The average Bonchev–Trinajstić information content (AvgIpc) is 2.37. The van der Waals surface area contributed by atoms with Crippen molar-refractivity contribution in [2.45, 2.75) is 57.2 Å². The van der Waals surface area contributed by atoms with Crippen LogP contribution in [0.25, 0.3) is 0 Å². The van der Waals surface area contributed by atoms with Crippen LogP contribution in [0.3, 0.4) is 0 Å². The Labute approximate surface area is 122 Å². The SMILES string of the molecule is COC(C)(C)CCSc1cccc(CNC(C)C)c1. The maximum Gasteiger partial charge on any atom is 0.0630 e. The molecule has 19 heavy (non-hydrogen) atoms. The Kier molecular flexibility index (Phi) is 6.90. The lowest BCUT2D eigenvalue weighted by Crippen LogP contribution is -2.23. The Balaban J connectivity index is 2.44. The van der Waals surface area contributed by atoms with Crippen LogP contribution in [0.5, 0.6) is 0 Å². The van der Waals surface area contributed by atoms with Gasteiger partial charge in [0.05, 0.1) is 5.60 Å². The van der Waals surface area contributed by atoms with Gasteiger partial charge < -0.3 is 10.1 Å². The molecule has 108 valence electrons. The molecule has 0 radical (unpaired) electrons. The molecule has 0 aromatic heterocycles. The van der Waals surface area contributed by atoms with E-state index in [0.717, 1.165) is 18.7 Å². The van der Waals surface area contributed by atoms with E-state index in [1.54, 1.807) is 7.11 Å². The lowest BCUT2D eigenvalue weighted by Gasteiger charge is -2.22. The van der Waals surface area contributed by atoms with Gasteiger partial charge in [-0.3, -0.25) is 0 Å². The van der Waals surface area contributed by atoms with Crippen molar-refractivity contribution in [2.75, 3.05) is 12.9 Å². The highest BCUT2D eigenvalue weighted by atomic mass is 32.2. The minimum Gasteiger partial charge on any atom is -0.379 e. The van der Waals surface area contributed by atoms with Crippen molar-refractivity contribution in [2.24, 2.45) is 0 Å². The van der Waals surface area contributed by atoms with Crippen LogP contribution in [-0.2, 0) is 11.3 Å². The van der Waals surface area contributed by atoms with Crippen molar-refractivity contribution in [3.8, 4) is 0 Å². The fraction of sp³-hybridized carbons (Fsp3) is 0.625. The van der Waals surface area contributed by atoms with Crippen LogP contribution < -0.4 is 5.32 Å². The number of thioether (sulfide) groups is 1. The first kappa shape index (κ1) is 16.5. The van der Waals surface area contributed by atoms with Gasteiger partial charge in [0.1, 0.15) is 0 Å². The Morgan fingerprint density at radius 2 is 2.05 bits per heavy atom. The standard InChI is InChI=1S/C16H27NOS/c1-13(2)17-12-14-7-6-8-15(11-14)19-10-9-16(3,4)18-5/h6-8,11,13,17H,9-10,12H2,1-5H3. The fourth-order valence-corrected chi connectivity index (χ4v) is 2.82. The van der Waals surface area contributed by atoms with Crippen LogP contribution in [0.2, 0.25) is 0 Å². The molecule has 0 saturated carbocycles. The molecule has 1 N–H and O–H groups in total. The molecule has 0 bridgehead atoms. The van der Waals surface area contributed by atoms with Crippen molar-refractivity contribution in [3.63, 3.8) is 0 Å². The highest BCUT2D eigenvalue weighted by molar-refractivity contribution is 7.99. The first-order chi connectivity index (χ1) is 8.93. The molecule has 0 fully saturated rings. The van der Waals surface area contributed by atoms with Gasteiger partial charge in [0, 0.05) is 30.3 Å². The molecule has 0 aliphatic rings. The topological polar surface area (TPSA) is 21.3 Å². The molecule has 3 heteroatoms. The van der Waals surface area contributed by atoms with Gasteiger partial charge in [-0.2, -0.15) is 0 Å². The predicted molar refractivity (Wildman–Crippen MR) is 84.8 cm³/mol. The smallest absolute Gasteiger partial charge is 0.0630 e. The molecule has 0 unspecified atom stereocenters. The largest absolute Gasteiger partial charge is 0.379 e. The molecular formula is C16H27NOS. The van der Waals surface area contributed by atoms with Gasteiger partial charge in [-0.15, -0.1) is 11.8 Å².